The number of aliphatic hydroxyl groups excluding tert-OH is 1. The quantitative estimate of drug-likeness (QED) is 0.656. The smallest absolute Gasteiger partial charge is 0.255 e. The first-order valence-electron chi connectivity index (χ1n) is 7.69. The van der Waals surface area contributed by atoms with E-state index in [1.165, 1.54) is 0 Å². The standard InChI is InChI=1S/C19H19IN2O3/c1-19(2,11-23)12-25-17-7-6-16(9-14(17)10-21)22-18(24)13-4-3-5-15(20)8-13/h3-9,23H,11-12H2,1-2H3,(H,22,24). The second-order valence-electron chi connectivity index (χ2n) is 6.40. The van der Waals surface area contributed by atoms with E-state index in [2.05, 4.69) is 34.0 Å². The van der Waals surface area contributed by atoms with Gasteiger partial charge in [0.2, 0.25) is 0 Å². The molecule has 0 aliphatic carbocycles. The lowest BCUT2D eigenvalue weighted by molar-refractivity contribution is 0.0974. The van der Waals surface area contributed by atoms with Gasteiger partial charge < -0.3 is 15.2 Å². The molecule has 2 N–H and O–H groups in total. The number of amides is 1. The Labute approximate surface area is 160 Å². The van der Waals surface area contributed by atoms with Crippen LogP contribution in [0.5, 0.6) is 5.75 Å². The average molecular weight is 450 g/mol. The Bertz CT molecular complexity index is 813. The van der Waals surface area contributed by atoms with Crippen LogP contribution in [-0.2, 0) is 0 Å². The minimum absolute atomic E-state index is 0.0150. The molecule has 2 rings (SSSR count). The number of nitriles is 1. The van der Waals surface area contributed by atoms with Gasteiger partial charge in [-0.3, -0.25) is 4.79 Å². The van der Waals surface area contributed by atoms with Crippen LogP contribution in [0.3, 0.4) is 0 Å². The zero-order chi connectivity index (χ0) is 18.4. The Morgan fingerprint density at radius 1 is 1.32 bits per heavy atom. The van der Waals surface area contributed by atoms with E-state index in [4.69, 9.17) is 4.74 Å². The van der Waals surface area contributed by atoms with Crippen molar-refractivity contribution in [1.29, 1.82) is 5.26 Å². The molecule has 0 radical (unpaired) electrons. The number of halogens is 1. The van der Waals surface area contributed by atoms with Gasteiger partial charge in [0.1, 0.15) is 11.8 Å². The summed E-state index contributed by atoms with van der Waals surface area (Å²) < 4.78 is 6.62. The van der Waals surface area contributed by atoms with E-state index in [1.807, 2.05) is 26.0 Å². The fourth-order valence-corrected chi connectivity index (χ4v) is 2.52. The molecular weight excluding hydrogens is 431 g/mol. The van der Waals surface area contributed by atoms with Crippen molar-refractivity contribution in [2.45, 2.75) is 13.8 Å². The van der Waals surface area contributed by atoms with Crippen molar-refractivity contribution in [2.24, 2.45) is 5.41 Å². The Morgan fingerprint density at radius 3 is 2.72 bits per heavy atom. The van der Waals surface area contributed by atoms with Crippen LogP contribution in [0.25, 0.3) is 0 Å². The SMILES string of the molecule is CC(C)(CO)COc1ccc(NC(=O)c2cccc(I)c2)cc1C#N. The molecule has 2 aromatic rings. The summed E-state index contributed by atoms with van der Waals surface area (Å²) in [4.78, 5) is 12.3. The van der Waals surface area contributed by atoms with Crippen LogP contribution < -0.4 is 10.1 Å². The zero-order valence-corrected chi connectivity index (χ0v) is 16.2. The van der Waals surface area contributed by atoms with Crippen molar-refractivity contribution in [3.8, 4) is 11.8 Å². The summed E-state index contributed by atoms with van der Waals surface area (Å²) >= 11 is 2.15. The molecule has 2 aromatic carbocycles. The van der Waals surface area contributed by atoms with E-state index in [1.54, 1.807) is 30.3 Å². The van der Waals surface area contributed by atoms with Gasteiger partial charge in [-0.2, -0.15) is 5.26 Å². The molecule has 0 spiro atoms. The molecule has 25 heavy (non-hydrogen) atoms. The molecule has 0 heterocycles. The van der Waals surface area contributed by atoms with Crippen LogP contribution in [0.2, 0.25) is 0 Å². The molecule has 0 atom stereocenters. The van der Waals surface area contributed by atoms with Gasteiger partial charge in [-0.05, 0) is 59.0 Å². The summed E-state index contributed by atoms with van der Waals surface area (Å²) in [5.41, 5.74) is 1.00. The van der Waals surface area contributed by atoms with Gasteiger partial charge in [0.25, 0.3) is 5.91 Å². The van der Waals surface area contributed by atoms with Crippen molar-refractivity contribution in [3.05, 3.63) is 57.2 Å². The predicted molar refractivity (Wildman–Crippen MR) is 105 cm³/mol. The summed E-state index contributed by atoms with van der Waals surface area (Å²) in [7, 11) is 0. The molecule has 130 valence electrons. The molecule has 1 amide bonds. The normalized spacial score (nSPS) is 10.8. The summed E-state index contributed by atoms with van der Waals surface area (Å²) in [5.74, 6) is 0.189. The highest BCUT2D eigenvalue weighted by Gasteiger charge is 2.18. The molecule has 6 heteroatoms. The van der Waals surface area contributed by atoms with Crippen LogP contribution in [0, 0.1) is 20.3 Å². The van der Waals surface area contributed by atoms with E-state index < -0.39 is 5.41 Å². The molecule has 0 bridgehead atoms. The Balaban J connectivity index is 2.13. The minimum Gasteiger partial charge on any atom is -0.492 e. The third-order valence-corrected chi connectivity index (χ3v) is 4.16. The fraction of sp³-hybridized carbons (Fsp3) is 0.263. The summed E-state index contributed by atoms with van der Waals surface area (Å²) in [6.45, 7) is 4.01. The Hall–Kier alpha value is -2.11. The number of aliphatic hydroxyl groups is 1. The van der Waals surface area contributed by atoms with E-state index in [-0.39, 0.29) is 19.1 Å². The zero-order valence-electron chi connectivity index (χ0n) is 14.0. The van der Waals surface area contributed by atoms with E-state index in [9.17, 15) is 15.2 Å². The number of rotatable bonds is 6. The van der Waals surface area contributed by atoms with Gasteiger partial charge in [0.05, 0.1) is 18.8 Å². The topological polar surface area (TPSA) is 82.3 Å². The van der Waals surface area contributed by atoms with Crippen molar-refractivity contribution in [2.75, 3.05) is 18.5 Å². The van der Waals surface area contributed by atoms with Crippen LogP contribution in [0.4, 0.5) is 5.69 Å². The molecule has 0 unspecified atom stereocenters. The Kier molecular flexibility index (Phi) is 6.39. The number of carbonyl (C=O) groups is 1. The first kappa shape index (κ1) is 19.2. The molecule has 0 aliphatic heterocycles. The maximum atomic E-state index is 12.3. The number of benzene rings is 2. The van der Waals surface area contributed by atoms with E-state index in [0.717, 1.165) is 3.57 Å². The van der Waals surface area contributed by atoms with Crippen LogP contribution in [-0.4, -0.2) is 24.2 Å². The highest BCUT2D eigenvalue weighted by Crippen LogP contribution is 2.25. The highest BCUT2D eigenvalue weighted by molar-refractivity contribution is 14.1. The number of nitrogens with zero attached hydrogens (tertiary/aromatic N) is 1. The van der Waals surface area contributed by atoms with Crippen LogP contribution >= 0.6 is 22.6 Å². The maximum absolute atomic E-state index is 12.3. The average Bonchev–Trinajstić information content (AvgIpc) is 2.60. The second-order valence-corrected chi connectivity index (χ2v) is 7.64. The number of nitrogens with one attached hydrogen (secondary N) is 1. The molecule has 5 nitrogen and oxygen atoms in total. The van der Waals surface area contributed by atoms with Crippen molar-refractivity contribution < 1.29 is 14.6 Å². The first-order valence-corrected chi connectivity index (χ1v) is 8.77. The minimum atomic E-state index is -0.399. The predicted octanol–water partition coefficient (Wildman–Crippen LogP) is 3.81. The number of carbonyl (C=O) groups excluding carboxylic acids is 1. The fourth-order valence-electron chi connectivity index (χ4n) is 1.97. The van der Waals surface area contributed by atoms with Gasteiger partial charge in [-0.25, -0.2) is 0 Å². The third kappa shape index (κ3) is 5.44. The third-order valence-electron chi connectivity index (χ3n) is 3.49. The van der Waals surface area contributed by atoms with Gasteiger partial charge in [-0.1, -0.05) is 19.9 Å². The van der Waals surface area contributed by atoms with Gasteiger partial charge in [-0.15, -0.1) is 0 Å². The van der Waals surface area contributed by atoms with E-state index >= 15 is 0 Å². The van der Waals surface area contributed by atoms with E-state index in [0.29, 0.717) is 22.6 Å². The highest BCUT2D eigenvalue weighted by atomic mass is 127. The summed E-state index contributed by atoms with van der Waals surface area (Å²) in [6.07, 6.45) is 0. The molecule has 0 saturated carbocycles. The van der Waals surface area contributed by atoms with Crippen LogP contribution in [0.15, 0.2) is 42.5 Å². The molecule has 0 fully saturated rings. The van der Waals surface area contributed by atoms with Gasteiger partial charge >= 0.3 is 0 Å². The van der Waals surface area contributed by atoms with Crippen molar-refractivity contribution >= 4 is 34.2 Å². The monoisotopic (exact) mass is 450 g/mol. The van der Waals surface area contributed by atoms with Crippen molar-refractivity contribution in [1.82, 2.24) is 0 Å². The molecule has 0 saturated heterocycles. The lowest BCUT2D eigenvalue weighted by atomic mass is 9.96. The molecule has 0 aromatic heterocycles. The summed E-state index contributed by atoms with van der Waals surface area (Å²) in [5, 5.41) is 21.4. The van der Waals surface area contributed by atoms with Crippen molar-refractivity contribution in [3.63, 3.8) is 0 Å². The number of anilines is 1. The van der Waals surface area contributed by atoms with Gasteiger partial charge in [0, 0.05) is 20.2 Å². The lowest BCUT2D eigenvalue weighted by Crippen LogP contribution is -2.25. The number of ether oxygens (including phenoxy) is 1. The second kappa shape index (κ2) is 8.32. The maximum Gasteiger partial charge on any atom is 0.255 e. The van der Waals surface area contributed by atoms with Crippen LogP contribution in [0.1, 0.15) is 29.8 Å². The first-order chi connectivity index (χ1) is 11.8. The largest absolute Gasteiger partial charge is 0.492 e. The van der Waals surface area contributed by atoms with Gasteiger partial charge in [0.15, 0.2) is 0 Å². The molecular formula is C19H19IN2O3. The molecule has 0 aliphatic rings. The lowest BCUT2D eigenvalue weighted by Gasteiger charge is -2.22. The summed E-state index contributed by atoms with van der Waals surface area (Å²) in [6, 6.07) is 14.2. The number of hydrogen-bond acceptors (Lipinski definition) is 4. The number of hydrogen-bond donors (Lipinski definition) is 2. The Morgan fingerprint density at radius 2 is 2.08 bits per heavy atom.